The number of hydrogen-bond acceptors (Lipinski definition) is 6. The number of nitrogens with one attached hydrogen (secondary N) is 1. The zero-order chi connectivity index (χ0) is 11.8. The van der Waals surface area contributed by atoms with Gasteiger partial charge in [-0.1, -0.05) is 5.16 Å². The van der Waals surface area contributed by atoms with E-state index in [9.17, 15) is 5.11 Å². The molecule has 0 spiro atoms. The van der Waals surface area contributed by atoms with Crippen molar-refractivity contribution >= 4 is 27.3 Å². The van der Waals surface area contributed by atoms with Crippen LogP contribution >= 0.6 is 27.3 Å². The van der Waals surface area contributed by atoms with E-state index in [1.165, 1.54) is 0 Å². The number of thiophene rings is 1. The molecule has 0 amide bonds. The molecule has 1 aliphatic rings. The zero-order valence-corrected chi connectivity index (χ0v) is 11.2. The predicted molar refractivity (Wildman–Crippen MR) is 66.7 cm³/mol. The number of aromatic nitrogens is 2. The van der Waals surface area contributed by atoms with Crippen molar-refractivity contribution < 1.29 is 9.63 Å². The molecule has 17 heavy (non-hydrogen) atoms. The number of nitrogens with zero attached hydrogens (tertiary/aromatic N) is 2. The fourth-order valence-corrected chi connectivity index (χ4v) is 3.16. The normalized spacial score (nSPS) is 24.4. The molecule has 2 N–H and O–H groups in total. The number of hydrogen-bond donors (Lipinski definition) is 2. The monoisotopic (exact) mass is 315 g/mol. The Morgan fingerprint density at radius 1 is 1.59 bits per heavy atom. The SMILES string of the molecule is O[C@H]1CN[C@H](c2nc(-c3cc(Br)cs3)no2)C1. The summed E-state index contributed by atoms with van der Waals surface area (Å²) in [6, 6.07) is 1.92. The maximum Gasteiger partial charge on any atom is 0.244 e. The summed E-state index contributed by atoms with van der Waals surface area (Å²) in [6.45, 7) is 0.576. The summed E-state index contributed by atoms with van der Waals surface area (Å²) in [7, 11) is 0. The van der Waals surface area contributed by atoms with Crippen molar-refractivity contribution in [3.05, 3.63) is 21.8 Å². The summed E-state index contributed by atoms with van der Waals surface area (Å²) in [4.78, 5) is 5.31. The van der Waals surface area contributed by atoms with Crippen LogP contribution in [0.25, 0.3) is 10.7 Å². The van der Waals surface area contributed by atoms with E-state index in [1.807, 2.05) is 11.4 Å². The van der Waals surface area contributed by atoms with Crippen LogP contribution in [0.5, 0.6) is 0 Å². The lowest BCUT2D eigenvalue weighted by Gasteiger charge is -2.01. The van der Waals surface area contributed by atoms with Gasteiger partial charge in [0.25, 0.3) is 0 Å². The maximum atomic E-state index is 9.43. The van der Waals surface area contributed by atoms with E-state index in [0.29, 0.717) is 24.7 Å². The zero-order valence-electron chi connectivity index (χ0n) is 8.76. The molecule has 1 saturated heterocycles. The highest BCUT2D eigenvalue weighted by Crippen LogP contribution is 2.29. The summed E-state index contributed by atoms with van der Waals surface area (Å²) in [5.41, 5.74) is 0. The Bertz CT molecular complexity index is 527. The van der Waals surface area contributed by atoms with Gasteiger partial charge in [-0.3, -0.25) is 0 Å². The summed E-state index contributed by atoms with van der Waals surface area (Å²) in [5.74, 6) is 1.14. The van der Waals surface area contributed by atoms with E-state index in [2.05, 4.69) is 31.4 Å². The van der Waals surface area contributed by atoms with Gasteiger partial charge in [-0.2, -0.15) is 4.98 Å². The highest BCUT2D eigenvalue weighted by molar-refractivity contribution is 9.10. The minimum atomic E-state index is -0.328. The Balaban J connectivity index is 1.83. The third-order valence-corrected chi connectivity index (χ3v) is 4.32. The van der Waals surface area contributed by atoms with Crippen molar-refractivity contribution in [2.75, 3.05) is 6.54 Å². The first-order valence-corrected chi connectivity index (χ1v) is 6.89. The molecule has 90 valence electrons. The maximum absolute atomic E-state index is 9.43. The minimum Gasteiger partial charge on any atom is -0.392 e. The highest BCUT2D eigenvalue weighted by atomic mass is 79.9. The molecule has 1 aliphatic heterocycles. The lowest BCUT2D eigenvalue weighted by molar-refractivity contribution is 0.191. The molecule has 0 bridgehead atoms. The molecule has 3 rings (SSSR count). The van der Waals surface area contributed by atoms with Crippen LogP contribution in [0.4, 0.5) is 0 Å². The molecule has 0 unspecified atom stereocenters. The highest BCUT2D eigenvalue weighted by Gasteiger charge is 2.28. The van der Waals surface area contributed by atoms with Crippen molar-refractivity contribution in [3.63, 3.8) is 0 Å². The van der Waals surface area contributed by atoms with Crippen molar-refractivity contribution in [1.82, 2.24) is 15.5 Å². The Morgan fingerprint density at radius 2 is 2.47 bits per heavy atom. The van der Waals surface area contributed by atoms with Crippen LogP contribution in [0, 0.1) is 0 Å². The van der Waals surface area contributed by atoms with E-state index in [0.717, 1.165) is 9.35 Å². The van der Waals surface area contributed by atoms with Gasteiger partial charge in [0, 0.05) is 16.4 Å². The van der Waals surface area contributed by atoms with E-state index in [-0.39, 0.29) is 12.1 Å². The molecule has 5 nitrogen and oxygen atoms in total. The van der Waals surface area contributed by atoms with E-state index in [4.69, 9.17) is 4.52 Å². The summed E-state index contributed by atoms with van der Waals surface area (Å²) in [6.07, 6.45) is 0.293. The van der Waals surface area contributed by atoms with Crippen LogP contribution < -0.4 is 5.32 Å². The Labute approximate surface area is 110 Å². The molecule has 2 aromatic rings. The van der Waals surface area contributed by atoms with Gasteiger partial charge in [-0.05, 0) is 28.4 Å². The Hall–Kier alpha value is -0.760. The van der Waals surface area contributed by atoms with Crippen LogP contribution in [0.2, 0.25) is 0 Å². The van der Waals surface area contributed by atoms with Crippen molar-refractivity contribution in [3.8, 4) is 10.7 Å². The fraction of sp³-hybridized carbons (Fsp3) is 0.400. The van der Waals surface area contributed by atoms with Crippen LogP contribution in [-0.2, 0) is 0 Å². The van der Waals surface area contributed by atoms with E-state index >= 15 is 0 Å². The molecule has 0 aliphatic carbocycles. The largest absolute Gasteiger partial charge is 0.392 e. The molecule has 2 atom stereocenters. The lowest BCUT2D eigenvalue weighted by Crippen LogP contribution is -2.15. The van der Waals surface area contributed by atoms with Gasteiger partial charge in [-0.15, -0.1) is 11.3 Å². The van der Waals surface area contributed by atoms with Crippen molar-refractivity contribution in [2.24, 2.45) is 0 Å². The van der Waals surface area contributed by atoms with Crippen LogP contribution in [0.1, 0.15) is 18.4 Å². The summed E-state index contributed by atoms with van der Waals surface area (Å²) >= 11 is 4.95. The third-order valence-electron chi connectivity index (χ3n) is 2.64. The first-order chi connectivity index (χ1) is 8.22. The van der Waals surface area contributed by atoms with Crippen LogP contribution in [0.15, 0.2) is 20.4 Å². The molecule has 0 radical (unpaired) electrons. The minimum absolute atomic E-state index is 0.0327. The van der Waals surface area contributed by atoms with E-state index in [1.54, 1.807) is 11.3 Å². The molecule has 7 heteroatoms. The number of rotatable bonds is 2. The van der Waals surface area contributed by atoms with Gasteiger partial charge in [0.15, 0.2) is 0 Å². The smallest absolute Gasteiger partial charge is 0.244 e. The molecule has 0 saturated carbocycles. The average molecular weight is 316 g/mol. The molecule has 2 aromatic heterocycles. The van der Waals surface area contributed by atoms with Gasteiger partial charge in [0.2, 0.25) is 11.7 Å². The van der Waals surface area contributed by atoms with Gasteiger partial charge in [0.1, 0.15) is 0 Å². The number of aliphatic hydroxyl groups is 1. The second-order valence-electron chi connectivity index (χ2n) is 3.94. The van der Waals surface area contributed by atoms with Crippen molar-refractivity contribution in [1.29, 1.82) is 0 Å². The second-order valence-corrected chi connectivity index (χ2v) is 5.76. The Morgan fingerprint density at radius 3 is 3.12 bits per heavy atom. The topological polar surface area (TPSA) is 71.2 Å². The van der Waals surface area contributed by atoms with Crippen molar-refractivity contribution in [2.45, 2.75) is 18.6 Å². The quantitative estimate of drug-likeness (QED) is 0.886. The van der Waals surface area contributed by atoms with Gasteiger partial charge >= 0.3 is 0 Å². The molecular weight excluding hydrogens is 306 g/mol. The number of halogens is 1. The van der Waals surface area contributed by atoms with Crippen LogP contribution in [0.3, 0.4) is 0 Å². The second kappa shape index (κ2) is 4.49. The number of aliphatic hydroxyl groups excluding tert-OH is 1. The fourth-order valence-electron chi connectivity index (χ4n) is 1.81. The average Bonchev–Trinajstić information content (AvgIpc) is 2.96. The molecule has 3 heterocycles. The van der Waals surface area contributed by atoms with Gasteiger partial charge in [0.05, 0.1) is 17.0 Å². The first kappa shape index (κ1) is 11.3. The van der Waals surface area contributed by atoms with E-state index < -0.39 is 0 Å². The summed E-state index contributed by atoms with van der Waals surface area (Å²) in [5, 5.41) is 18.5. The predicted octanol–water partition coefficient (Wildman–Crippen LogP) is 1.96. The third kappa shape index (κ3) is 2.28. The summed E-state index contributed by atoms with van der Waals surface area (Å²) < 4.78 is 6.23. The lowest BCUT2D eigenvalue weighted by atomic mass is 10.2. The van der Waals surface area contributed by atoms with Gasteiger partial charge in [-0.25, -0.2) is 0 Å². The van der Waals surface area contributed by atoms with Crippen LogP contribution in [-0.4, -0.2) is 27.9 Å². The first-order valence-electron chi connectivity index (χ1n) is 5.22. The molecular formula is C10H10BrN3O2S. The van der Waals surface area contributed by atoms with Gasteiger partial charge < -0.3 is 14.9 Å². The Kier molecular flexibility index (Phi) is 2.99. The molecule has 0 aromatic carbocycles. The number of β-amino-alcohol motifs (C(OH)–C–C–N with tert-alkyl or cyclic N) is 1. The standard InChI is InChI=1S/C10H10BrN3O2S/c11-5-1-8(17-4-5)9-13-10(16-14-9)7-2-6(15)3-12-7/h1,4,6-7,12,15H,2-3H2/t6-,7+/m1/s1. The molecule has 1 fully saturated rings.